The van der Waals surface area contributed by atoms with Crippen molar-refractivity contribution in [3.63, 3.8) is 0 Å². The number of fused-ring (bicyclic) bond motifs is 2. The standard InChI is InChI=1S/C22H22N4O2S/c1-12-8-9-29-19(12)18-17-14(10-22(2,3)11-15(17)27)23-20(25-18)26-21-24-13-6-4-5-7-16(13)28-21/h4-10,17-18H,11H2,1-3H3,(H2,23,24,25,26)/p+1/t17-,18+/m0/s1. The van der Waals surface area contributed by atoms with Crippen LogP contribution in [-0.2, 0) is 4.79 Å². The number of oxazole rings is 1. The molecule has 0 bridgehead atoms. The number of anilines is 1. The molecule has 6 nitrogen and oxygen atoms in total. The molecular formula is C22H23N4O2S+. The zero-order chi connectivity index (χ0) is 20.2. The lowest BCUT2D eigenvalue weighted by molar-refractivity contribution is -0.521. The van der Waals surface area contributed by atoms with E-state index in [4.69, 9.17) is 4.42 Å². The monoisotopic (exact) mass is 407 g/mol. The highest BCUT2D eigenvalue weighted by atomic mass is 32.1. The number of aryl methyl sites for hydroxylation is 1. The van der Waals surface area contributed by atoms with E-state index in [9.17, 15) is 4.79 Å². The molecule has 0 radical (unpaired) electrons. The number of carbonyl (C=O) groups excluding carboxylic acids is 1. The molecule has 2 aromatic heterocycles. The Kier molecular flexibility index (Phi) is 4.10. The van der Waals surface area contributed by atoms with E-state index in [0.717, 1.165) is 16.8 Å². The Morgan fingerprint density at radius 1 is 1.31 bits per heavy atom. The number of aromatic nitrogens is 1. The van der Waals surface area contributed by atoms with Gasteiger partial charge in [0.15, 0.2) is 5.58 Å². The summed E-state index contributed by atoms with van der Waals surface area (Å²) in [6.07, 6.45) is 2.73. The first-order valence-electron chi connectivity index (χ1n) is 9.72. The van der Waals surface area contributed by atoms with Crippen LogP contribution in [0, 0.1) is 18.3 Å². The van der Waals surface area contributed by atoms with Crippen molar-refractivity contribution >= 4 is 40.2 Å². The first-order chi connectivity index (χ1) is 13.9. The normalized spacial score (nSPS) is 23.2. The number of nitrogens with zero attached hydrogens (tertiary/aromatic N) is 1. The van der Waals surface area contributed by atoms with Crippen LogP contribution >= 0.6 is 11.3 Å². The molecule has 29 heavy (non-hydrogen) atoms. The molecule has 3 N–H and O–H groups in total. The average molecular weight is 408 g/mol. The Bertz CT molecular complexity index is 1140. The zero-order valence-electron chi connectivity index (χ0n) is 16.6. The van der Waals surface area contributed by atoms with Gasteiger partial charge in [0, 0.05) is 11.3 Å². The van der Waals surface area contributed by atoms with Crippen molar-refractivity contribution < 1.29 is 14.2 Å². The van der Waals surface area contributed by atoms with Gasteiger partial charge in [-0.25, -0.2) is 5.32 Å². The summed E-state index contributed by atoms with van der Waals surface area (Å²) in [5.41, 5.74) is 3.46. The van der Waals surface area contributed by atoms with Crippen molar-refractivity contribution in [1.82, 2.24) is 10.3 Å². The molecule has 1 aromatic carbocycles. The van der Waals surface area contributed by atoms with E-state index in [1.54, 1.807) is 11.3 Å². The number of ketones is 1. The van der Waals surface area contributed by atoms with Gasteiger partial charge in [-0.05, 0) is 47.6 Å². The largest absolute Gasteiger partial charge is 0.412 e. The van der Waals surface area contributed by atoms with Gasteiger partial charge in [-0.1, -0.05) is 26.0 Å². The fourth-order valence-electron chi connectivity index (χ4n) is 4.21. The highest BCUT2D eigenvalue weighted by Crippen LogP contribution is 2.40. The van der Waals surface area contributed by atoms with Crippen LogP contribution in [0.25, 0.3) is 11.1 Å². The summed E-state index contributed by atoms with van der Waals surface area (Å²) < 4.78 is 5.81. The fourth-order valence-corrected chi connectivity index (χ4v) is 5.23. The molecular weight excluding hydrogens is 384 g/mol. The molecule has 0 saturated carbocycles. The molecule has 3 aromatic rings. The molecule has 0 spiro atoms. The van der Waals surface area contributed by atoms with E-state index < -0.39 is 0 Å². The van der Waals surface area contributed by atoms with Gasteiger partial charge in [-0.3, -0.25) is 9.79 Å². The van der Waals surface area contributed by atoms with Crippen molar-refractivity contribution in [3.8, 4) is 0 Å². The number of hydrogen-bond donors (Lipinski definition) is 3. The van der Waals surface area contributed by atoms with Crippen LogP contribution in [-0.4, -0.2) is 16.7 Å². The minimum Gasteiger partial charge on any atom is -0.412 e. The van der Waals surface area contributed by atoms with Gasteiger partial charge in [-0.15, -0.1) is 11.3 Å². The zero-order valence-corrected chi connectivity index (χ0v) is 17.4. The molecule has 1 aliphatic heterocycles. The lowest BCUT2D eigenvalue weighted by Crippen LogP contribution is -2.84. The summed E-state index contributed by atoms with van der Waals surface area (Å²) in [6.45, 7) is 6.28. The van der Waals surface area contributed by atoms with Gasteiger partial charge < -0.3 is 4.42 Å². The highest BCUT2D eigenvalue weighted by Gasteiger charge is 2.46. The highest BCUT2D eigenvalue weighted by molar-refractivity contribution is 7.10. The molecule has 7 heteroatoms. The van der Waals surface area contributed by atoms with Crippen molar-refractivity contribution in [1.29, 1.82) is 0 Å². The third-order valence-electron chi connectivity index (χ3n) is 5.47. The summed E-state index contributed by atoms with van der Waals surface area (Å²) in [5, 5.41) is 8.68. The Morgan fingerprint density at radius 3 is 2.90 bits per heavy atom. The molecule has 2 atom stereocenters. The fraction of sp³-hybridized carbons (Fsp3) is 0.318. The number of benzene rings is 1. The van der Waals surface area contributed by atoms with Gasteiger partial charge in [0.2, 0.25) is 0 Å². The minimum atomic E-state index is -0.227. The van der Waals surface area contributed by atoms with Crippen LogP contribution in [0.1, 0.15) is 36.8 Å². The number of guanidine groups is 1. The summed E-state index contributed by atoms with van der Waals surface area (Å²) in [7, 11) is 0. The Labute approximate surface area is 172 Å². The Balaban J connectivity index is 1.56. The third-order valence-corrected chi connectivity index (χ3v) is 6.57. The SMILES string of the molecule is Cc1ccsc1[C@@H]1[NH+]=C(Nc2nc3ccccc3o2)NC2=CC(C)(C)CC(=O)[C@H]21. The van der Waals surface area contributed by atoms with Crippen LogP contribution < -0.4 is 15.6 Å². The van der Waals surface area contributed by atoms with Gasteiger partial charge >= 0.3 is 12.0 Å². The molecule has 0 unspecified atom stereocenters. The van der Waals surface area contributed by atoms with Gasteiger partial charge in [0.05, 0.1) is 5.70 Å². The van der Waals surface area contributed by atoms with E-state index in [1.165, 1.54) is 10.4 Å². The number of para-hydroxylation sites is 2. The van der Waals surface area contributed by atoms with Crippen LogP contribution in [0.5, 0.6) is 0 Å². The number of carbonyl (C=O) groups is 1. The second-order valence-corrected chi connectivity index (χ2v) is 9.36. The number of nitrogens with one attached hydrogen (secondary N) is 3. The van der Waals surface area contributed by atoms with Crippen molar-refractivity contribution in [2.75, 3.05) is 5.32 Å². The first-order valence-corrected chi connectivity index (χ1v) is 10.6. The smallest absolute Gasteiger partial charge is 0.365 e. The van der Waals surface area contributed by atoms with Crippen molar-refractivity contribution in [2.45, 2.75) is 33.2 Å². The van der Waals surface area contributed by atoms with Gasteiger partial charge in [0.1, 0.15) is 23.3 Å². The predicted molar refractivity (Wildman–Crippen MR) is 114 cm³/mol. The number of thiophene rings is 1. The van der Waals surface area contributed by atoms with E-state index in [-0.39, 0.29) is 23.2 Å². The molecule has 3 heterocycles. The summed E-state index contributed by atoms with van der Waals surface area (Å²) in [5.74, 6) is 0.697. The number of hydrogen-bond acceptors (Lipinski definition) is 6. The maximum absolute atomic E-state index is 13.1. The van der Waals surface area contributed by atoms with Crippen LogP contribution in [0.3, 0.4) is 0 Å². The number of rotatable bonds is 2. The Morgan fingerprint density at radius 2 is 2.14 bits per heavy atom. The first kappa shape index (κ1) is 18.1. The molecule has 0 saturated heterocycles. The second-order valence-electron chi connectivity index (χ2n) is 8.41. The number of Topliss-reactive ketones (excluding diaryl/α,β-unsaturated/α-hetero) is 1. The predicted octanol–water partition coefficient (Wildman–Crippen LogP) is 2.89. The molecule has 0 fully saturated rings. The minimum absolute atomic E-state index is 0.127. The maximum atomic E-state index is 13.1. The third kappa shape index (κ3) is 3.25. The summed E-state index contributed by atoms with van der Waals surface area (Å²) in [6, 6.07) is 10.0. The quantitative estimate of drug-likeness (QED) is 0.609. The van der Waals surface area contributed by atoms with Crippen molar-refractivity contribution in [2.24, 2.45) is 11.3 Å². The van der Waals surface area contributed by atoms with E-state index in [1.807, 2.05) is 24.3 Å². The van der Waals surface area contributed by atoms with Gasteiger partial charge in [-0.2, -0.15) is 10.3 Å². The molecule has 0 amide bonds. The van der Waals surface area contributed by atoms with Crippen LogP contribution in [0.2, 0.25) is 0 Å². The summed E-state index contributed by atoms with van der Waals surface area (Å²) in [4.78, 5) is 22.2. The molecule has 148 valence electrons. The molecule has 1 aliphatic carbocycles. The number of allylic oxidation sites excluding steroid dienone is 1. The van der Waals surface area contributed by atoms with E-state index in [0.29, 0.717) is 18.4 Å². The molecule has 5 rings (SSSR count). The van der Waals surface area contributed by atoms with E-state index in [2.05, 4.69) is 58.9 Å². The lowest BCUT2D eigenvalue weighted by Gasteiger charge is -2.35. The topological polar surface area (TPSA) is 81.1 Å². The lowest BCUT2D eigenvalue weighted by atomic mass is 9.73. The van der Waals surface area contributed by atoms with Crippen LogP contribution in [0.4, 0.5) is 6.01 Å². The van der Waals surface area contributed by atoms with Crippen LogP contribution in [0.15, 0.2) is 51.9 Å². The van der Waals surface area contributed by atoms with Gasteiger partial charge in [0.25, 0.3) is 0 Å². The average Bonchev–Trinajstić information content (AvgIpc) is 3.24. The summed E-state index contributed by atoms with van der Waals surface area (Å²) >= 11 is 1.68. The van der Waals surface area contributed by atoms with E-state index >= 15 is 0 Å². The molecule has 2 aliphatic rings. The second kappa shape index (κ2) is 6.56. The maximum Gasteiger partial charge on any atom is 0.365 e. The van der Waals surface area contributed by atoms with Crippen molar-refractivity contribution in [3.05, 3.63) is 57.9 Å². The Hall–Kier alpha value is -2.93.